The molecule has 1 amide bonds. The van der Waals surface area contributed by atoms with E-state index in [0.717, 1.165) is 0 Å². The Kier molecular flexibility index (Phi) is 5.52. The van der Waals surface area contributed by atoms with Crippen LogP contribution in [0.1, 0.15) is 27.2 Å². The van der Waals surface area contributed by atoms with Crippen molar-refractivity contribution in [1.82, 2.24) is 5.32 Å². The summed E-state index contributed by atoms with van der Waals surface area (Å²) in [6, 6.07) is -1.16. The third-order valence-corrected chi connectivity index (χ3v) is 1.54. The minimum atomic E-state index is -1.16. The second-order valence-corrected chi connectivity index (χ2v) is 2.71. The van der Waals surface area contributed by atoms with Gasteiger partial charge in [-0.2, -0.15) is 0 Å². The lowest BCUT2D eigenvalue weighted by Crippen LogP contribution is -2.46. The van der Waals surface area contributed by atoms with Crippen molar-refractivity contribution in [2.24, 2.45) is 0 Å². The van der Waals surface area contributed by atoms with Gasteiger partial charge < -0.3 is 10.1 Å². The number of carbonyl (C=O) groups is 3. The molecule has 0 saturated carbocycles. The summed E-state index contributed by atoms with van der Waals surface area (Å²) in [4.78, 5) is 33.2. The van der Waals surface area contributed by atoms with E-state index >= 15 is 0 Å². The van der Waals surface area contributed by atoms with E-state index in [1.165, 1.54) is 6.92 Å². The number of hydrogen-bond donors (Lipinski definition) is 1. The highest BCUT2D eigenvalue weighted by molar-refractivity contribution is 6.05. The summed E-state index contributed by atoms with van der Waals surface area (Å²) in [6.45, 7) is 4.69. The second-order valence-electron chi connectivity index (χ2n) is 2.71. The smallest absolute Gasteiger partial charge is 0.336 e. The van der Waals surface area contributed by atoms with Gasteiger partial charge in [0.05, 0.1) is 6.61 Å². The van der Waals surface area contributed by atoms with Gasteiger partial charge in [0.1, 0.15) is 0 Å². The molecule has 1 atom stereocenters. The Hall–Kier alpha value is -1.39. The molecular weight excluding hydrogens is 186 g/mol. The van der Waals surface area contributed by atoms with Gasteiger partial charge in [-0.3, -0.25) is 9.59 Å². The fourth-order valence-corrected chi connectivity index (χ4v) is 0.904. The molecule has 0 radical (unpaired) electrons. The fraction of sp³-hybridized carbons (Fsp3) is 0.667. The molecule has 0 aliphatic carbocycles. The Morgan fingerprint density at radius 1 is 1.29 bits per heavy atom. The molecule has 0 rings (SSSR count). The lowest BCUT2D eigenvalue weighted by molar-refractivity contribution is -0.150. The van der Waals surface area contributed by atoms with Crippen LogP contribution < -0.4 is 5.32 Å². The Morgan fingerprint density at radius 2 is 1.86 bits per heavy atom. The van der Waals surface area contributed by atoms with E-state index < -0.39 is 17.9 Å². The molecule has 0 aliphatic rings. The van der Waals surface area contributed by atoms with Crippen molar-refractivity contribution in [3.05, 3.63) is 0 Å². The summed E-state index contributed by atoms with van der Waals surface area (Å²) in [5, 5.41) is 2.25. The molecule has 14 heavy (non-hydrogen) atoms. The number of rotatable bonds is 5. The number of ketones is 1. The Morgan fingerprint density at radius 3 is 2.21 bits per heavy atom. The highest BCUT2D eigenvalue weighted by Gasteiger charge is 2.26. The van der Waals surface area contributed by atoms with Crippen LogP contribution in [0.25, 0.3) is 0 Å². The first-order valence-electron chi connectivity index (χ1n) is 4.49. The van der Waals surface area contributed by atoms with Crippen LogP contribution in [0.3, 0.4) is 0 Å². The van der Waals surface area contributed by atoms with Gasteiger partial charge in [-0.1, -0.05) is 6.92 Å². The number of Topliss-reactive ketones (excluding diaryl/α,β-unsaturated/α-hetero) is 1. The van der Waals surface area contributed by atoms with Crippen LogP contribution in [-0.4, -0.2) is 30.3 Å². The first-order chi connectivity index (χ1) is 6.52. The van der Waals surface area contributed by atoms with Crippen molar-refractivity contribution >= 4 is 17.7 Å². The molecule has 0 spiro atoms. The van der Waals surface area contributed by atoms with Crippen molar-refractivity contribution in [3.8, 4) is 0 Å². The minimum absolute atomic E-state index is 0.184. The number of amides is 1. The predicted molar refractivity (Wildman–Crippen MR) is 49.5 cm³/mol. The number of esters is 1. The maximum Gasteiger partial charge on any atom is 0.336 e. The Labute approximate surface area is 82.8 Å². The Balaban J connectivity index is 4.45. The molecule has 0 fully saturated rings. The van der Waals surface area contributed by atoms with E-state index in [-0.39, 0.29) is 18.8 Å². The van der Waals surface area contributed by atoms with Crippen molar-refractivity contribution in [3.63, 3.8) is 0 Å². The SMILES string of the molecule is CCOC(=O)C(NC(C)=O)C(=O)CC. The van der Waals surface area contributed by atoms with E-state index in [1.807, 2.05) is 0 Å². The largest absolute Gasteiger partial charge is 0.464 e. The van der Waals surface area contributed by atoms with Gasteiger partial charge in [-0.15, -0.1) is 0 Å². The number of nitrogens with one attached hydrogen (secondary N) is 1. The van der Waals surface area contributed by atoms with Gasteiger partial charge in [-0.05, 0) is 6.92 Å². The first kappa shape index (κ1) is 12.6. The van der Waals surface area contributed by atoms with Crippen molar-refractivity contribution in [2.75, 3.05) is 6.61 Å². The predicted octanol–water partition coefficient (Wildman–Crippen LogP) is 0.0333. The second kappa shape index (κ2) is 6.12. The van der Waals surface area contributed by atoms with Crippen LogP contribution >= 0.6 is 0 Å². The molecule has 80 valence electrons. The fourth-order valence-electron chi connectivity index (χ4n) is 0.904. The summed E-state index contributed by atoms with van der Waals surface area (Å²) in [5.74, 6) is -1.47. The minimum Gasteiger partial charge on any atom is -0.464 e. The van der Waals surface area contributed by atoms with Gasteiger partial charge >= 0.3 is 5.97 Å². The van der Waals surface area contributed by atoms with Crippen LogP contribution in [0.5, 0.6) is 0 Å². The van der Waals surface area contributed by atoms with Gasteiger partial charge in [0, 0.05) is 13.3 Å². The summed E-state index contributed by atoms with van der Waals surface area (Å²) in [6.07, 6.45) is 0.184. The maximum atomic E-state index is 11.2. The molecule has 5 heteroatoms. The molecule has 0 aromatic carbocycles. The Bertz CT molecular complexity index is 237. The van der Waals surface area contributed by atoms with Crippen molar-refractivity contribution in [1.29, 1.82) is 0 Å². The van der Waals surface area contributed by atoms with Crippen LogP contribution in [-0.2, 0) is 19.1 Å². The third kappa shape index (κ3) is 4.02. The molecular formula is C9H15NO4. The zero-order valence-electron chi connectivity index (χ0n) is 8.62. The van der Waals surface area contributed by atoms with E-state index in [4.69, 9.17) is 0 Å². The third-order valence-electron chi connectivity index (χ3n) is 1.54. The van der Waals surface area contributed by atoms with Crippen LogP contribution in [0, 0.1) is 0 Å². The van der Waals surface area contributed by atoms with E-state index in [2.05, 4.69) is 10.1 Å². The summed E-state index contributed by atoms with van der Waals surface area (Å²) in [5.41, 5.74) is 0. The molecule has 0 aromatic rings. The number of hydrogen-bond acceptors (Lipinski definition) is 4. The monoisotopic (exact) mass is 201 g/mol. The molecule has 1 N–H and O–H groups in total. The number of carbonyl (C=O) groups excluding carboxylic acids is 3. The average molecular weight is 201 g/mol. The van der Waals surface area contributed by atoms with Crippen molar-refractivity contribution in [2.45, 2.75) is 33.2 Å². The highest BCUT2D eigenvalue weighted by Crippen LogP contribution is 1.95. The molecule has 0 aromatic heterocycles. The molecule has 0 bridgehead atoms. The van der Waals surface area contributed by atoms with Gasteiger partial charge in [0.25, 0.3) is 0 Å². The van der Waals surface area contributed by atoms with E-state index in [0.29, 0.717) is 0 Å². The lowest BCUT2D eigenvalue weighted by Gasteiger charge is -2.13. The van der Waals surface area contributed by atoms with Crippen LogP contribution in [0.2, 0.25) is 0 Å². The van der Waals surface area contributed by atoms with Gasteiger partial charge in [-0.25, -0.2) is 4.79 Å². The zero-order valence-corrected chi connectivity index (χ0v) is 8.62. The van der Waals surface area contributed by atoms with E-state index in [9.17, 15) is 14.4 Å². The quantitative estimate of drug-likeness (QED) is 0.503. The maximum absolute atomic E-state index is 11.2. The first-order valence-corrected chi connectivity index (χ1v) is 4.49. The van der Waals surface area contributed by atoms with Gasteiger partial charge in [0.2, 0.25) is 5.91 Å². The molecule has 0 aliphatic heterocycles. The number of ether oxygens (including phenoxy) is 1. The zero-order chi connectivity index (χ0) is 11.1. The van der Waals surface area contributed by atoms with Crippen molar-refractivity contribution < 1.29 is 19.1 Å². The van der Waals surface area contributed by atoms with E-state index in [1.54, 1.807) is 13.8 Å². The molecule has 1 unspecified atom stereocenters. The highest BCUT2D eigenvalue weighted by atomic mass is 16.5. The standard InChI is InChI=1S/C9H15NO4/c1-4-7(12)8(10-6(3)11)9(13)14-5-2/h8H,4-5H2,1-3H3,(H,10,11). The summed E-state index contributed by atoms with van der Waals surface area (Å²) < 4.78 is 4.65. The molecule has 0 saturated heterocycles. The normalized spacial score (nSPS) is 11.6. The summed E-state index contributed by atoms with van der Waals surface area (Å²) in [7, 11) is 0. The van der Waals surface area contributed by atoms with Crippen LogP contribution in [0.4, 0.5) is 0 Å². The lowest BCUT2D eigenvalue weighted by atomic mass is 10.1. The van der Waals surface area contributed by atoms with Crippen LogP contribution in [0.15, 0.2) is 0 Å². The summed E-state index contributed by atoms with van der Waals surface area (Å²) >= 11 is 0. The van der Waals surface area contributed by atoms with Gasteiger partial charge in [0.15, 0.2) is 11.8 Å². The topological polar surface area (TPSA) is 72.5 Å². The molecule has 5 nitrogen and oxygen atoms in total. The average Bonchev–Trinajstić information content (AvgIpc) is 2.13. The molecule has 0 heterocycles.